The van der Waals surface area contributed by atoms with Crippen LogP contribution in [0.2, 0.25) is 0 Å². The Morgan fingerprint density at radius 1 is 0.925 bits per heavy atom. The third-order valence-corrected chi connectivity index (χ3v) is 6.51. The molecule has 1 amide bonds. The van der Waals surface area contributed by atoms with Crippen molar-refractivity contribution in [3.63, 3.8) is 0 Å². The molecule has 0 saturated heterocycles. The van der Waals surface area contributed by atoms with Crippen LogP contribution in [0.15, 0.2) is 60.7 Å². The van der Waals surface area contributed by atoms with Gasteiger partial charge in [-0.2, -0.15) is 30.7 Å². The van der Waals surface area contributed by atoms with Gasteiger partial charge in [-0.15, -0.1) is 0 Å². The zero-order valence-electron chi connectivity index (χ0n) is 20.8. The van der Waals surface area contributed by atoms with Crippen molar-refractivity contribution < 1.29 is 49.0 Å². The molecule has 12 heteroatoms. The molecule has 214 valence electrons. The van der Waals surface area contributed by atoms with E-state index in [-0.39, 0.29) is 17.5 Å². The van der Waals surface area contributed by atoms with Crippen LogP contribution in [0.1, 0.15) is 40.7 Å². The average molecular weight is 575 g/mol. The van der Waals surface area contributed by atoms with Crippen molar-refractivity contribution >= 4 is 5.91 Å². The molecule has 3 nitrogen and oxygen atoms in total. The van der Waals surface area contributed by atoms with Gasteiger partial charge in [0.05, 0.1) is 11.1 Å². The molecule has 3 aromatic rings. The number of rotatable bonds is 9. The monoisotopic (exact) mass is 575 g/mol. The molecule has 1 atom stereocenters. The Morgan fingerprint density at radius 2 is 1.57 bits per heavy atom. The van der Waals surface area contributed by atoms with Crippen LogP contribution in [0.5, 0.6) is 5.75 Å². The zero-order valence-corrected chi connectivity index (χ0v) is 20.8. The molecule has 0 aliphatic heterocycles. The lowest BCUT2D eigenvalue weighted by atomic mass is 9.77. The fourth-order valence-corrected chi connectivity index (χ4v) is 4.31. The molecule has 0 bridgehead atoms. The number of alkyl halides is 7. The molecule has 1 N–H and O–H groups in total. The fourth-order valence-electron chi connectivity index (χ4n) is 4.31. The van der Waals surface area contributed by atoms with Gasteiger partial charge in [-0.25, -0.2) is 8.78 Å². The van der Waals surface area contributed by atoms with E-state index in [1.807, 2.05) is 0 Å². The number of hydrogen-bond donors (Lipinski definition) is 1. The number of carbonyl (C=O) groups excluding carboxylic acids is 1. The summed E-state index contributed by atoms with van der Waals surface area (Å²) in [5, 5.41) is 2.64. The van der Waals surface area contributed by atoms with Crippen molar-refractivity contribution in [1.29, 1.82) is 0 Å². The number of aryl methyl sites for hydroxylation is 1. The highest BCUT2D eigenvalue weighted by atomic mass is 19.4. The van der Waals surface area contributed by atoms with Crippen molar-refractivity contribution in [2.45, 2.75) is 50.4 Å². The number of ether oxygens (including phenoxy) is 1. The molecule has 0 radical (unpaired) electrons. The summed E-state index contributed by atoms with van der Waals surface area (Å²) in [7, 11) is 0. The SMILES string of the molecule is Cc1ccc(C[C@](NC(=O)C2CC2)(c2cc(F)cc(OC(F)(F)C(F)F)c2)c2ccc(F)c(C(F)(F)F)c2)cc1. The molecule has 0 unspecified atom stereocenters. The molecule has 0 spiro atoms. The Hall–Kier alpha value is -3.70. The van der Waals surface area contributed by atoms with Gasteiger partial charge >= 0.3 is 18.7 Å². The number of hydrogen-bond acceptors (Lipinski definition) is 2. The number of carbonyl (C=O) groups is 1. The quantitative estimate of drug-likeness (QED) is 0.268. The van der Waals surface area contributed by atoms with E-state index in [1.54, 1.807) is 31.2 Å². The van der Waals surface area contributed by atoms with Crippen LogP contribution >= 0.6 is 0 Å². The summed E-state index contributed by atoms with van der Waals surface area (Å²) in [4.78, 5) is 13.1. The Labute approximate surface area is 223 Å². The van der Waals surface area contributed by atoms with Crippen LogP contribution in [-0.4, -0.2) is 18.4 Å². The second-order valence-corrected chi connectivity index (χ2v) is 9.66. The number of benzene rings is 3. The Morgan fingerprint density at radius 3 is 2.15 bits per heavy atom. The average Bonchev–Trinajstić information content (AvgIpc) is 3.69. The molecule has 1 fully saturated rings. The summed E-state index contributed by atoms with van der Waals surface area (Å²) in [5.74, 6) is -5.09. The zero-order chi connectivity index (χ0) is 29.5. The maximum absolute atomic E-state index is 14.8. The number of amides is 1. The Bertz CT molecular complexity index is 1390. The highest BCUT2D eigenvalue weighted by Crippen LogP contribution is 2.42. The van der Waals surface area contributed by atoms with Crippen LogP contribution < -0.4 is 10.1 Å². The van der Waals surface area contributed by atoms with Crippen molar-refractivity contribution in [1.82, 2.24) is 5.32 Å². The van der Waals surface area contributed by atoms with Crippen LogP contribution in [-0.2, 0) is 22.9 Å². The van der Waals surface area contributed by atoms with E-state index in [1.165, 1.54) is 0 Å². The highest BCUT2D eigenvalue weighted by molar-refractivity contribution is 5.82. The fraction of sp³-hybridized carbons (Fsp3) is 0.321. The molecule has 0 heterocycles. The van der Waals surface area contributed by atoms with E-state index in [9.17, 15) is 44.3 Å². The topological polar surface area (TPSA) is 38.3 Å². The normalized spacial score (nSPS) is 15.6. The molecule has 4 rings (SSSR count). The summed E-state index contributed by atoms with van der Waals surface area (Å²) in [5.41, 5.74) is -3.29. The minimum absolute atomic E-state index is 0.344. The van der Waals surface area contributed by atoms with E-state index in [2.05, 4.69) is 10.1 Å². The van der Waals surface area contributed by atoms with Crippen molar-refractivity contribution in [3.05, 3.63) is 100 Å². The van der Waals surface area contributed by atoms with Crippen LogP contribution in [0.25, 0.3) is 0 Å². The third kappa shape index (κ3) is 6.37. The van der Waals surface area contributed by atoms with Crippen molar-refractivity contribution in [2.24, 2.45) is 5.92 Å². The molecule has 40 heavy (non-hydrogen) atoms. The predicted molar refractivity (Wildman–Crippen MR) is 126 cm³/mol. The molecule has 1 aliphatic rings. The lowest BCUT2D eigenvalue weighted by molar-refractivity contribution is -0.253. The summed E-state index contributed by atoms with van der Waals surface area (Å²) in [6.45, 7) is 1.76. The summed E-state index contributed by atoms with van der Waals surface area (Å²) >= 11 is 0. The third-order valence-electron chi connectivity index (χ3n) is 6.51. The first-order valence-corrected chi connectivity index (χ1v) is 12.0. The summed E-state index contributed by atoms with van der Waals surface area (Å²) in [6, 6.07) is 10.3. The lowest BCUT2D eigenvalue weighted by Crippen LogP contribution is -2.49. The van der Waals surface area contributed by atoms with Gasteiger partial charge in [0.2, 0.25) is 5.91 Å². The Kier molecular flexibility index (Phi) is 7.83. The standard InChI is InChI=1S/C28H22F9NO2/c1-15-2-4-16(5-3-15)14-26(38-24(39)17-6-7-17,18-8-9-23(30)22(12-18)27(33,34)35)19-10-20(29)13-21(11-19)40-28(36,37)25(31)32/h2-5,8-13,17,25H,6-7,14H2,1H3,(H,38,39)/t26-/m1/s1. The van der Waals surface area contributed by atoms with Gasteiger partial charge in [0.1, 0.15) is 17.4 Å². The van der Waals surface area contributed by atoms with Gasteiger partial charge in [0.15, 0.2) is 0 Å². The molecular formula is C28H22F9NO2. The van der Waals surface area contributed by atoms with E-state index < -0.39 is 59.0 Å². The van der Waals surface area contributed by atoms with Gasteiger partial charge in [-0.1, -0.05) is 35.9 Å². The Balaban J connectivity index is 1.99. The molecular weight excluding hydrogens is 553 g/mol. The van der Waals surface area contributed by atoms with Crippen LogP contribution in [0, 0.1) is 24.5 Å². The van der Waals surface area contributed by atoms with E-state index >= 15 is 0 Å². The van der Waals surface area contributed by atoms with Gasteiger partial charge in [0, 0.05) is 18.4 Å². The summed E-state index contributed by atoms with van der Waals surface area (Å²) in [6.07, 6.45) is -13.9. The minimum atomic E-state index is -5.16. The lowest BCUT2D eigenvalue weighted by Gasteiger charge is -2.37. The molecule has 3 aromatic carbocycles. The predicted octanol–water partition coefficient (Wildman–Crippen LogP) is 7.54. The second-order valence-electron chi connectivity index (χ2n) is 9.66. The van der Waals surface area contributed by atoms with Crippen molar-refractivity contribution in [3.8, 4) is 5.75 Å². The minimum Gasteiger partial charge on any atom is -0.428 e. The maximum Gasteiger partial charge on any atom is 0.461 e. The summed E-state index contributed by atoms with van der Waals surface area (Å²) < 4.78 is 127. The van der Waals surface area contributed by atoms with E-state index in [0.717, 1.165) is 23.8 Å². The smallest absolute Gasteiger partial charge is 0.428 e. The first-order chi connectivity index (χ1) is 18.6. The molecule has 1 aliphatic carbocycles. The largest absolute Gasteiger partial charge is 0.461 e. The maximum atomic E-state index is 14.8. The van der Waals surface area contributed by atoms with Crippen LogP contribution in [0.3, 0.4) is 0 Å². The molecule has 1 saturated carbocycles. The van der Waals surface area contributed by atoms with E-state index in [0.29, 0.717) is 36.6 Å². The van der Waals surface area contributed by atoms with Gasteiger partial charge in [-0.3, -0.25) is 4.79 Å². The first kappa shape index (κ1) is 29.3. The van der Waals surface area contributed by atoms with Crippen molar-refractivity contribution in [2.75, 3.05) is 0 Å². The first-order valence-electron chi connectivity index (χ1n) is 12.0. The van der Waals surface area contributed by atoms with Gasteiger partial charge in [-0.05, 0) is 60.7 Å². The second kappa shape index (κ2) is 10.7. The number of nitrogens with one attached hydrogen (secondary N) is 1. The molecule has 0 aromatic heterocycles. The van der Waals surface area contributed by atoms with E-state index in [4.69, 9.17) is 0 Å². The highest BCUT2D eigenvalue weighted by Gasteiger charge is 2.46. The number of halogens is 9. The van der Waals surface area contributed by atoms with Gasteiger partial charge < -0.3 is 10.1 Å². The van der Waals surface area contributed by atoms with Gasteiger partial charge in [0.25, 0.3) is 0 Å². The van der Waals surface area contributed by atoms with Crippen LogP contribution in [0.4, 0.5) is 39.5 Å².